The molecule has 104 valence electrons. The van der Waals surface area contributed by atoms with Gasteiger partial charge in [0, 0.05) is 16.6 Å². The molecular weight excluding hydrogens is 317 g/mol. The van der Waals surface area contributed by atoms with Gasteiger partial charge in [-0.2, -0.15) is 4.98 Å². The third-order valence-electron chi connectivity index (χ3n) is 2.89. The molecule has 0 atom stereocenters. The van der Waals surface area contributed by atoms with Crippen molar-refractivity contribution < 1.29 is 4.74 Å². The fourth-order valence-electron chi connectivity index (χ4n) is 1.95. The Kier molecular flexibility index (Phi) is 3.74. The average Bonchev–Trinajstić information content (AvgIpc) is 3.00. The van der Waals surface area contributed by atoms with Crippen LogP contribution in [0.15, 0.2) is 29.8 Å². The molecule has 0 aliphatic heterocycles. The summed E-state index contributed by atoms with van der Waals surface area (Å²) in [6.45, 7) is 0.543. The van der Waals surface area contributed by atoms with E-state index in [1.165, 1.54) is 0 Å². The van der Waals surface area contributed by atoms with E-state index < -0.39 is 0 Å². The maximum Gasteiger partial charge on any atom is 0.238 e. The van der Waals surface area contributed by atoms with Gasteiger partial charge in [0.2, 0.25) is 5.88 Å². The van der Waals surface area contributed by atoms with Gasteiger partial charge in [-0.05, 0) is 18.2 Å². The number of methoxy groups -OCH3 is 1. The van der Waals surface area contributed by atoms with E-state index in [0.717, 1.165) is 16.3 Å². The van der Waals surface area contributed by atoms with Gasteiger partial charge in [-0.3, -0.25) is 4.40 Å². The second-order valence-electron chi connectivity index (χ2n) is 4.10. The first-order valence-electron chi connectivity index (χ1n) is 5.86. The molecular formula is C13H11Cl2N3OS. The molecule has 0 amide bonds. The lowest BCUT2D eigenvalue weighted by Gasteiger charge is -2.09. The minimum absolute atomic E-state index is 0.543. The van der Waals surface area contributed by atoms with Crippen molar-refractivity contribution in [2.45, 2.75) is 6.54 Å². The number of aromatic nitrogens is 2. The Hall–Kier alpha value is -1.43. The molecule has 3 rings (SSSR count). The van der Waals surface area contributed by atoms with Crippen LogP contribution in [-0.4, -0.2) is 16.5 Å². The van der Waals surface area contributed by atoms with Crippen molar-refractivity contribution in [2.75, 3.05) is 12.4 Å². The topological polar surface area (TPSA) is 38.6 Å². The van der Waals surface area contributed by atoms with Crippen LogP contribution < -0.4 is 10.1 Å². The summed E-state index contributed by atoms with van der Waals surface area (Å²) < 4.78 is 7.30. The Morgan fingerprint density at radius 2 is 2.25 bits per heavy atom. The molecule has 0 aliphatic rings. The van der Waals surface area contributed by atoms with Crippen LogP contribution in [0.25, 0.3) is 4.96 Å². The van der Waals surface area contributed by atoms with Crippen LogP contribution in [0.2, 0.25) is 10.0 Å². The van der Waals surface area contributed by atoms with Gasteiger partial charge in [-0.15, -0.1) is 11.3 Å². The minimum Gasteiger partial charge on any atom is -0.480 e. The van der Waals surface area contributed by atoms with Gasteiger partial charge in [0.25, 0.3) is 0 Å². The summed E-state index contributed by atoms with van der Waals surface area (Å²) in [7, 11) is 1.61. The summed E-state index contributed by atoms with van der Waals surface area (Å²) in [5.41, 5.74) is 1.73. The molecule has 2 aromatic heterocycles. The van der Waals surface area contributed by atoms with E-state index in [2.05, 4.69) is 10.3 Å². The number of thiazole rings is 1. The number of ether oxygens (including phenoxy) is 1. The predicted octanol–water partition coefficient (Wildman–Crippen LogP) is 4.32. The maximum atomic E-state index is 6.13. The molecule has 2 heterocycles. The number of nitrogens with zero attached hydrogens (tertiary/aromatic N) is 2. The van der Waals surface area contributed by atoms with Gasteiger partial charge < -0.3 is 10.1 Å². The van der Waals surface area contributed by atoms with Crippen molar-refractivity contribution in [1.82, 2.24) is 9.38 Å². The Balaban J connectivity index is 1.89. The highest BCUT2D eigenvalue weighted by Gasteiger charge is 2.13. The fraction of sp³-hybridized carbons (Fsp3) is 0.154. The zero-order valence-electron chi connectivity index (χ0n) is 10.6. The van der Waals surface area contributed by atoms with E-state index in [0.29, 0.717) is 22.5 Å². The number of fused-ring (bicyclic) bond motifs is 1. The number of anilines is 1. The largest absolute Gasteiger partial charge is 0.480 e. The summed E-state index contributed by atoms with van der Waals surface area (Å²) in [5, 5.41) is 6.51. The van der Waals surface area contributed by atoms with E-state index in [4.69, 9.17) is 27.9 Å². The quantitative estimate of drug-likeness (QED) is 0.775. The lowest BCUT2D eigenvalue weighted by atomic mass is 10.3. The molecule has 0 bridgehead atoms. The van der Waals surface area contributed by atoms with Gasteiger partial charge in [0.05, 0.1) is 24.4 Å². The maximum absolute atomic E-state index is 6.13. The SMILES string of the molecule is COc1nc2sccn2c1CNc1cc(Cl)ccc1Cl. The monoisotopic (exact) mass is 327 g/mol. The highest BCUT2D eigenvalue weighted by molar-refractivity contribution is 7.15. The number of imidazole rings is 1. The van der Waals surface area contributed by atoms with E-state index in [1.807, 2.05) is 16.0 Å². The average molecular weight is 328 g/mol. The molecule has 0 fully saturated rings. The molecule has 0 radical (unpaired) electrons. The molecule has 0 saturated carbocycles. The summed E-state index contributed by atoms with van der Waals surface area (Å²) in [4.78, 5) is 5.30. The molecule has 0 unspecified atom stereocenters. The molecule has 3 aromatic rings. The van der Waals surface area contributed by atoms with Crippen molar-refractivity contribution in [3.05, 3.63) is 45.5 Å². The lowest BCUT2D eigenvalue weighted by molar-refractivity contribution is 0.395. The van der Waals surface area contributed by atoms with Gasteiger partial charge >= 0.3 is 0 Å². The summed E-state index contributed by atoms with van der Waals surface area (Å²) in [5.74, 6) is 0.613. The second kappa shape index (κ2) is 5.52. The smallest absolute Gasteiger partial charge is 0.238 e. The van der Waals surface area contributed by atoms with Crippen molar-refractivity contribution >= 4 is 45.2 Å². The number of hydrogen-bond donors (Lipinski definition) is 1. The molecule has 1 N–H and O–H groups in total. The van der Waals surface area contributed by atoms with Crippen LogP contribution in [0, 0.1) is 0 Å². The Morgan fingerprint density at radius 3 is 3.05 bits per heavy atom. The van der Waals surface area contributed by atoms with Crippen LogP contribution in [-0.2, 0) is 6.54 Å². The van der Waals surface area contributed by atoms with Crippen molar-refractivity contribution in [3.8, 4) is 5.88 Å². The van der Waals surface area contributed by atoms with Crippen LogP contribution in [0.1, 0.15) is 5.69 Å². The number of nitrogens with one attached hydrogen (secondary N) is 1. The molecule has 7 heteroatoms. The van der Waals surface area contributed by atoms with Crippen molar-refractivity contribution in [1.29, 1.82) is 0 Å². The Bertz CT molecular complexity index is 753. The molecule has 0 saturated heterocycles. The van der Waals surface area contributed by atoms with Gasteiger partial charge in [-0.25, -0.2) is 0 Å². The molecule has 4 nitrogen and oxygen atoms in total. The summed E-state index contributed by atoms with van der Waals surface area (Å²) in [6, 6.07) is 5.31. The van der Waals surface area contributed by atoms with E-state index in [9.17, 15) is 0 Å². The van der Waals surface area contributed by atoms with Crippen LogP contribution >= 0.6 is 34.5 Å². The van der Waals surface area contributed by atoms with Gasteiger partial charge in [-0.1, -0.05) is 23.2 Å². The van der Waals surface area contributed by atoms with E-state index in [-0.39, 0.29) is 0 Å². The Labute approximate surface area is 129 Å². The lowest BCUT2D eigenvalue weighted by Crippen LogP contribution is -2.04. The third kappa shape index (κ3) is 2.44. The molecule has 1 aromatic carbocycles. The van der Waals surface area contributed by atoms with Gasteiger partial charge in [0.1, 0.15) is 5.69 Å². The fourth-order valence-corrected chi connectivity index (χ4v) is 3.03. The Morgan fingerprint density at radius 1 is 1.40 bits per heavy atom. The third-order valence-corrected chi connectivity index (χ3v) is 4.21. The number of halogens is 2. The number of rotatable bonds is 4. The van der Waals surface area contributed by atoms with E-state index >= 15 is 0 Å². The molecule has 0 aliphatic carbocycles. The highest BCUT2D eigenvalue weighted by Crippen LogP contribution is 2.28. The number of hydrogen-bond acceptors (Lipinski definition) is 4. The standard InChI is InChI=1S/C13H11Cl2N3OS/c1-19-12-11(18-4-5-20-13(18)17-12)7-16-10-6-8(14)2-3-9(10)15/h2-6,16H,7H2,1H3. The van der Waals surface area contributed by atoms with Crippen molar-refractivity contribution in [3.63, 3.8) is 0 Å². The molecule has 0 spiro atoms. The first-order chi connectivity index (χ1) is 9.69. The minimum atomic E-state index is 0.543. The van der Waals surface area contributed by atoms with E-state index in [1.54, 1.807) is 36.6 Å². The highest BCUT2D eigenvalue weighted by atomic mass is 35.5. The zero-order valence-corrected chi connectivity index (χ0v) is 12.9. The number of benzene rings is 1. The zero-order chi connectivity index (χ0) is 14.1. The summed E-state index contributed by atoms with van der Waals surface area (Å²) >= 11 is 13.7. The normalized spacial score (nSPS) is 10.9. The van der Waals surface area contributed by atoms with Gasteiger partial charge in [0.15, 0.2) is 4.96 Å². The van der Waals surface area contributed by atoms with Crippen LogP contribution in [0.4, 0.5) is 5.69 Å². The second-order valence-corrected chi connectivity index (χ2v) is 5.82. The first-order valence-corrected chi connectivity index (χ1v) is 7.50. The summed E-state index contributed by atoms with van der Waals surface area (Å²) in [6.07, 6.45) is 1.96. The van der Waals surface area contributed by atoms with Crippen LogP contribution in [0.5, 0.6) is 5.88 Å². The molecule has 20 heavy (non-hydrogen) atoms. The predicted molar refractivity (Wildman–Crippen MR) is 83.4 cm³/mol. The van der Waals surface area contributed by atoms with Crippen molar-refractivity contribution in [2.24, 2.45) is 0 Å². The first kappa shape index (κ1) is 13.5. The van der Waals surface area contributed by atoms with Crippen LogP contribution in [0.3, 0.4) is 0 Å².